The first kappa shape index (κ1) is 21.1. The minimum Gasteiger partial charge on any atom is -0.497 e. The molecule has 1 heterocycles. The number of nitro groups is 1. The van der Waals surface area contributed by atoms with Gasteiger partial charge in [0.25, 0.3) is 11.6 Å². The standard InChI is InChI=1S/C21H24ClN3O4/c1-29-17-8-5-15(6-9-17)20(24-11-3-2-4-12-24)14-23-21(26)16-7-10-18(22)19(13-16)25(27)28/h5-10,13,20H,2-4,11-12,14H2,1H3,(H,23,26)/p+1/t20-/m0/s1. The Balaban J connectivity index is 1.76. The highest BCUT2D eigenvalue weighted by Crippen LogP contribution is 2.25. The highest BCUT2D eigenvalue weighted by Gasteiger charge is 2.27. The van der Waals surface area contributed by atoms with Gasteiger partial charge in [0.2, 0.25) is 0 Å². The summed E-state index contributed by atoms with van der Waals surface area (Å²) < 4.78 is 5.25. The number of carbonyl (C=O) groups is 1. The molecule has 0 bridgehead atoms. The highest BCUT2D eigenvalue weighted by molar-refractivity contribution is 6.32. The fraction of sp³-hybridized carbons (Fsp3) is 0.381. The lowest BCUT2D eigenvalue weighted by atomic mass is 10.0. The zero-order chi connectivity index (χ0) is 20.8. The van der Waals surface area contributed by atoms with Crippen molar-refractivity contribution in [2.75, 3.05) is 26.7 Å². The molecule has 0 unspecified atom stereocenters. The number of nitro benzene ring substituents is 1. The number of hydrogen-bond acceptors (Lipinski definition) is 4. The quantitative estimate of drug-likeness (QED) is 0.534. The summed E-state index contributed by atoms with van der Waals surface area (Å²) >= 11 is 5.84. The number of amides is 1. The summed E-state index contributed by atoms with van der Waals surface area (Å²) in [6.45, 7) is 2.55. The molecule has 2 aromatic rings. The smallest absolute Gasteiger partial charge is 0.288 e. The van der Waals surface area contributed by atoms with E-state index < -0.39 is 4.92 Å². The molecule has 0 spiro atoms. The lowest BCUT2D eigenvalue weighted by Gasteiger charge is -2.32. The maximum absolute atomic E-state index is 12.6. The molecule has 154 valence electrons. The third kappa shape index (κ3) is 5.25. The summed E-state index contributed by atoms with van der Waals surface area (Å²) in [5.41, 5.74) is 1.08. The number of nitrogens with one attached hydrogen (secondary N) is 2. The molecule has 1 fully saturated rings. The second-order valence-electron chi connectivity index (χ2n) is 7.18. The van der Waals surface area contributed by atoms with E-state index in [4.69, 9.17) is 16.3 Å². The molecule has 8 heteroatoms. The van der Waals surface area contributed by atoms with Gasteiger partial charge in [-0.3, -0.25) is 14.9 Å². The van der Waals surface area contributed by atoms with Crippen LogP contribution >= 0.6 is 11.6 Å². The zero-order valence-electron chi connectivity index (χ0n) is 16.3. The van der Waals surface area contributed by atoms with Crippen LogP contribution < -0.4 is 15.0 Å². The van der Waals surface area contributed by atoms with Gasteiger partial charge in [-0.25, -0.2) is 0 Å². The number of methoxy groups -OCH3 is 1. The molecule has 0 aliphatic carbocycles. The van der Waals surface area contributed by atoms with E-state index in [2.05, 4.69) is 5.32 Å². The first-order chi connectivity index (χ1) is 14.0. The highest BCUT2D eigenvalue weighted by atomic mass is 35.5. The van der Waals surface area contributed by atoms with Crippen LogP contribution in [0.15, 0.2) is 42.5 Å². The van der Waals surface area contributed by atoms with Gasteiger partial charge in [-0.1, -0.05) is 11.6 Å². The zero-order valence-corrected chi connectivity index (χ0v) is 17.1. The van der Waals surface area contributed by atoms with Crippen molar-refractivity contribution < 1.29 is 19.4 Å². The largest absolute Gasteiger partial charge is 0.497 e. The topological polar surface area (TPSA) is 85.9 Å². The van der Waals surface area contributed by atoms with Crippen molar-refractivity contribution in [2.45, 2.75) is 25.3 Å². The Bertz CT molecular complexity index is 867. The molecule has 0 saturated carbocycles. The van der Waals surface area contributed by atoms with Crippen LogP contribution in [-0.2, 0) is 0 Å². The van der Waals surface area contributed by atoms with Crippen LogP contribution in [0.4, 0.5) is 5.69 Å². The van der Waals surface area contributed by atoms with Gasteiger partial charge in [-0.2, -0.15) is 0 Å². The number of benzene rings is 2. The predicted molar refractivity (Wildman–Crippen MR) is 111 cm³/mol. The Labute approximate surface area is 174 Å². The van der Waals surface area contributed by atoms with Crippen LogP contribution in [0, 0.1) is 10.1 Å². The maximum atomic E-state index is 12.6. The van der Waals surface area contributed by atoms with Crippen molar-refractivity contribution in [3.63, 3.8) is 0 Å². The average Bonchev–Trinajstić information content (AvgIpc) is 2.75. The second-order valence-corrected chi connectivity index (χ2v) is 7.59. The molecule has 29 heavy (non-hydrogen) atoms. The molecule has 1 atom stereocenters. The molecule has 1 aliphatic heterocycles. The fourth-order valence-electron chi connectivity index (χ4n) is 3.78. The van der Waals surface area contributed by atoms with Crippen LogP contribution in [0.2, 0.25) is 5.02 Å². The molecule has 1 amide bonds. The minimum atomic E-state index is -0.586. The molecule has 0 aromatic heterocycles. The van der Waals surface area contributed by atoms with E-state index >= 15 is 0 Å². The lowest BCUT2D eigenvalue weighted by Crippen LogP contribution is -3.13. The van der Waals surface area contributed by atoms with Gasteiger partial charge < -0.3 is 15.0 Å². The van der Waals surface area contributed by atoms with Gasteiger partial charge in [0.05, 0.1) is 31.7 Å². The third-order valence-corrected chi connectivity index (χ3v) is 5.70. The van der Waals surface area contributed by atoms with Crippen molar-refractivity contribution in [3.8, 4) is 5.75 Å². The van der Waals surface area contributed by atoms with Crippen molar-refractivity contribution >= 4 is 23.2 Å². The SMILES string of the molecule is COc1ccc([C@H](CNC(=O)c2ccc(Cl)c([N+](=O)[O-])c2)[NH+]2CCCCC2)cc1. The first-order valence-corrected chi connectivity index (χ1v) is 10.1. The molecule has 2 aromatic carbocycles. The van der Waals surface area contributed by atoms with E-state index in [1.807, 2.05) is 24.3 Å². The number of halogens is 1. The summed E-state index contributed by atoms with van der Waals surface area (Å²) in [6.07, 6.45) is 3.57. The number of nitrogens with zero attached hydrogens (tertiary/aromatic N) is 1. The second kappa shape index (κ2) is 9.71. The number of quaternary nitrogens is 1. The number of hydrogen-bond donors (Lipinski definition) is 2. The van der Waals surface area contributed by atoms with Crippen LogP contribution in [0.5, 0.6) is 5.75 Å². The van der Waals surface area contributed by atoms with Gasteiger partial charge >= 0.3 is 0 Å². The van der Waals surface area contributed by atoms with Crippen molar-refractivity contribution in [2.24, 2.45) is 0 Å². The van der Waals surface area contributed by atoms with Crippen LogP contribution in [0.25, 0.3) is 0 Å². The van der Waals surface area contributed by atoms with E-state index in [1.165, 1.54) is 42.4 Å². The summed E-state index contributed by atoms with van der Waals surface area (Å²) in [5, 5.41) is 14.0. The van der Waals surface area contributed by atoms with Gasteiger partial charge in [-0.05, 0) is 55.7 Å². The maximum Gasteiger partial charge on any atom is 0.288 e. The van der Waals surface area contributed by atoms with Gasteiger partial charge in [0, 0.05) is 17.2 Å². The number of likely N-dealkylation sites (tertiary alicyclic amines) is 1. The lowest BCUT2D eigenvalue weighted by molar-refractivity contribution is -0.935. The Morgan fingerprint density at radius 3 is 2.52 bits per heavy atom. The van der Waals surface area contributed by atoms with Crippen LogP contribution in [0.1, 0.15) is 41.2 Å². The summed E-state index contributed by atoms with van der Waals surface area (Å²) in [5.74, 6) is 0.443. The predicted octanol–water partition coefficient (Wildman–Crippen LogP) is 2.80. The third-order valence-electron chi connectivity index (χ3n) is 5.38. The molecule has 2 N–H and O–H groups in total. The summed E-state index contributed by atoms with van der Waals surface area (Å²) in [6, 6.07) is 12.1. The van der Waals surface area contributed by atoms with Gasteiger partial charge in [-0.15, -0.1) is 0 Å². The van der Waals surface area contributed by atoms with E-state index in [9.17, 15) is 14.9 Å². The van der Waals surface area contributed by atoms with E-state index in [1.54, 1.807) is 7.11 Å². The average molecular weight is 419 g/mol. The fourth-order valence-corrected chi connectivity index (χ4v) is 3.97. The molecular formula is C21H25ClN3O4+. The number of carbonyl (C=O) groups excluding carboxylic acids is 1. The van der Waals surface area contributed by atoms with Crippen LogP contribution in [0.3, 0.4) is 0 Å². The Morgan fingerprint density at radius 1 is 1.21 bits per heavy atom. The Hall–Kier alpha value is -2.64. The van der Waals surface area contributed by atoms with E-state index in [0.717, 1.165) is 24.4 Å². The molecule has 1 saturated heterocycles. The van der Waals surface area contributed by atoms with Gasteiger partial charge in [0.15, 0.2) is 0 Å². The monoisotopic (exact) mass is 418 g/mol. The summed E-state index contributed by atoms with van der Waals surface area (Å²) in [7, 11) is 1.63. The molecule has 1 aliphatic rings. The molecule has 7 nitrogen and oxygen atoms in total. The molecule has 0 radical (unpaired) electrons. The van der Waals surface area contributed by atoms with Crippen molar-refractivity contribution in [3.05, 3.63) is 68.7 Å². The molecule has 3 rings (SSSR count). The Morgan fingerprint density at radius 2 is 1.90 bits per heavy atom. The number of rotatable bonds is 7. The first-order valence-electron chi connectivity index (χ1n) is 9.70. The van der Waals surface area contributed by atoms with Crippen molar-refractivity contribution in [1.82, 2.24) is 5.32 Å². The number of piperidine rings is 1. The normalized spacial score (nSPS) is 15.5. The molecular weight excluding hydrogens is 394 g/mol. The summed E-state index contributed by atoms with van der Waals surface area (Å²) in [4.78, 5) is 24.6. The number of ether oxygens (including phenoxy) is 1. The van der Waals surface area contributed by atoms with E-state index in [0.29, 0.717) is 6.54 Å². The van der Waals surface area contributed by atoms with Crippen molar-refractivity contribution in [1.29, 1.82) is 0 Å². The van der Waals surface area contributed by atoms with Gasteiger partial charge in [0.1, 0.15) is 16.8 Å². The minimum absolute atomic E-state index is 0.0143. The Kier molecular flexibility index (Phi) is 7.06. The van der Waals surface area contributed by atoms with E-state index in [-0.39, 0.29) is 28.2 Å². The van der Waals surface area contributed by atoms with Crippen LogP contribution in [-0.4, -0.2) is 37.6 Å².